The van der Waals surface area contributed by atoms with Crippen molar-refractivity contribution < 1.29 is 55.1 Å². The first kappa shape index (κ1) is 37.6. The summed E-state index contributed by atoms with van der Waals surface area (Å²) in [6, 6.07) is 0. The molecule has 1 heterocycles. The highest BCUT2D eigenvalue weighted by molar-refractivity contribution is 5.76. The van der Waals surface area contributed by atoms with Crippen molar-refractivity contribution >= 4 is 5.97 Å². The number of carboxylic acid groups (broad SMARTS) is 1. The Kier molecular flexibility index (Phi) is 9.79. The molecule has 8 N–H and O–H groups in total. The first-order valence-electron chi connectivity index (χ1n) is 18.7. The van der Waals surface area contributed by atoms with E-state index in [2.05, 4.69) is 33.8 Å². The van der Waals surface area contributed by atoms with Gasteiger partial charge in [-0.25, -0.2) is 0 Å². The molecule has 11 heteroatoms. The van der Waals surface area contributed by atoms with E-state index in [1.54, 1.807) is 0 Å². The summed E-state index contributed by atoms with van der Waals surface area (Å²) < 4.78 is 11.9. The zero-order chi connectivity index (χ0) is 35.9. The molecule has 0 aromatic carbocycles. The number of carboxylic acids is 1. The quantitative estimate of drug-likeness (QED) is 0.137. The molecule has 49 heavy (non-hydrogen) atoms. The summed E-state index contributed by atoms with van der Waals surface area (Å²) in [5.41, 5.74) is -2.07. The fraction of sp³-hybridized carbons (Fsp3) is 0.921. The molecule has 6 rings (SSSR count). The number of hydrogen-bond donors (Lipinski definition) is 8. The molecule has 0 amide bonds. The lowest BCUT2D eigenvalue weighted by Gasteiger charge is -2.73. The van der Waals surface area contributed by atoms with E-state index >= 15 is 0 Å². The summed E-state index contributed by atoms with van der Waals surface area (Å²) >= 11 is 0. The van der Waals surface area contributed by atoms with Crippen molar-refractivity contribution in [2.24, 2.45) is 56.2 Å². The van der Waals surface area contributed by atoms with Gasteiger partial charge in [-0.3, -0.25) is 4.79 Å². The normalized spacial score (nSPS) is 54.2. The van der Waals surface area contributed by atoms with Gasteiger partial charge in [-0.15, -0.1) is 0 Å². The molecule has 1 aliphatic heterocycles. The number of carbonyl (C=O) groups is 1. The van der Waals surface area contributed by atoms with Gasteiger partial charge in [0.05, 0.1) is 30.8 Å². The molecule has 5 aliphatic carbocycles. The topological polar surface area (TPSA) is 197 Å². The number of rotatable bonds is 8. The van der Waals surface area contributed by atoms with E-state index < -0.39 is 59.0 Å². The Morgan fingerprint density at radius 3 is 2.22 bits per heavy atom. The van der Waals surface area contributed by atoms with Gasteiger partial charge < -0.3 is 50.3 Å². The third-order valence-electron chi connectivity index (χ3n) is 15.9. The molecule has 1 saturated heterocycles. The highest BCUT2D eigenvalue weighted by Crippen LogP contribution is 2.77. The van der Waals surface area contributed by atoms with Gasteiger partial charge in [0, 0.05) is 18.6 Å². The third kappa shape index (κ3) is 5.34. The number of allylic oxidation sites excluding steroid dienone is 2. The second kappa shape index (κ2) is 12.8. The van der Waals surface area contributed by atoms with Crippen molar-refractivity contribution in [1.29, 1.82) is 0 Å². The van der Waals surface area contributed by atoms with E-state index in [0.717, 1.165) is 19.3 Å². The van der Waals surface area contributed by atoms with E-state index in [-0.39, 0.29) is 66.3 Å². The number of aliphatic hydroxyl groups is 7. The van der Waals surface area contributed by atoms with Crippen molar-refractivity contribution in [3.05, 3.63) is 11.6 Å². The number of aliphatic hydroxyl groups excluding tert-OH is 7. The third-order valence-corrected chi connectivity index (χ3v) is 15.9. The SMILES string of the molecule is CC1(CO)CCC2(C(=O)O)CCC3(C)C(=CC(CCCO)C4C5(C)CC(O)C(OC6OCC(O)C(O)C6O)C(C)(CO)C5CCC43C)C2C1. The fourth-order valence-electron chi connectivity index (χ4n) is 13.0. The molecule has 16 atom stereocenters. The minimum absolute atomic E-state index is 0.00678. The maximum atomic E-state index is 13.2. The van der Waals surface area contributed by atoms with Crippen molar-refractivity contribution in [2.45, 2.75) is 136 Å². The molecule has 16 unspecified atom stereocenters. The first-order valence-corrected chi connectivity index (χ1v) is 18.7. The molecule has 6 aliphatic rings. The molecule has 0 bridgehead atoms. The maximum absolute atomic E-state index is 13.2. The standard InChI is InChI=1S/C38H62O11/c1-33(19-40)10-12-38(32(46)47)13-11-36(4)22(23(38)16-33)15-21(7-6-14-39)29-34(2)17-24(42)30(49-31-28(45)27(44)25(43)18-48-31)35(3,20-41)26(34)8-9-37(29,36)5/h15,21,23-31,39-45H,6-14,16-20H2,1-5H3,(H,46,47). The van der Waals surface area contributed by atoms with Crippen LogP contribution in [0.4, 0.5) is 0 Å². The van der Waals surface area contributed by atoms with Crippen molar-refractivity contribution in [3.63, 3.8) is 0 Å². The van der Waals surface area contributed by atoms with Gasteiger partial charge in [0.25, 0.3) is 0 Å². The van der Waals surface area contributed by atoms with Crippen molar-refractivity contribution in [1.82, 2.24) is 0 Å². The van der Waals surface area contributed by atoms with Crippen LogP contribution in [0.2, 0.25) is 0 Å². The number of hydrogen-bond acceptors (Lipinski definition) is 10. The van der Waals surface area contributed by atoms with Gasteiger partial charge in [-0.1, -0.05) is 46.3 Å². The van der Waals surface area contributed by atoms with E-state index in [0.29, 0.717) is 44.9 Å². The number of ether oxygens (including phenoxy) is 2. The molecule has 5 fully saturated rings. The lowest BCUT2D eigenvalue weighted by Crippen LogP contribution is -2.70. The zero-order valence-corrected chi connectivity index (χ0v) is 30.1. The Bertz CT molecular complexity index is 1290. The lowest BCUT2D eigenvalue weighted by atomic mass is 9.32. The van der Waals surface area contributed by atoms with Gasteiger partial charge in [-0.05, 0) is 110 Å². The Balaban J connectivity index is 1.43. The second-order valence-electron chi connectivity index (χ2n) is 18.4. The molecule has 0 radical (unpaired) electrons. The van der Waals surface area contributed by atoms with Gasteiger partial charge >= 0.3 is 5.97 Å². The molecule has 4 saturated carbocycles. The highest BCUT2D eigenvalue weighted by atomic mass is 16.7. The van der Waals surface area contributed by atoms with Crippen LogP contribution in [0.15, 0.2) is 11.6 Å². The number of fused-ring (bicyclic) bond motifs is 7. The minimum Gasteiger partial charge on any atom is -0.481 e. The fourth-order valence-corrected chi connectivity index (χ4v) is 13.0. The number of aliphatic carboxylic acids is 1. The Morgan fingerprint density at radius 2 is 1.59 bits per heavy atom. The predicted molar refractivity (Wildman–Crippen MR) is 179 cm³/mol. The average Bonchev–Trinajstić information content (AvgIpc) is 3.05. The van der Waals surface area contributed by atoms with Crippen LogP contribution in [0.25, 0.3) is 0 Å². The zero-order valence-electron chi connectivity index (χ0n) is 30.1. The summed E-state index contributed by atoms with van der Waals surface area (Å²) in [6.45, 7) is 10.5. The Hall–Kier alpha value is -1.15. The Morgan fingerprint density at radius 1 is 0.898 bits per heavy atom. The Labute approximate surface area is 290 Å². The van der Waals surface area contributed by atoms with E-state index in [1.807, 2.05) is 6.92 Å². The summed E-state index contributed by atoms with van der Waals surface area (Å²) in [6.07, 6.45) is 1.23. The molecular formula is C38H62O11. The van der Waals surface area contributed by atoms with E-state index in [9.17, 15) is 45.6 Å². The molecule has 0 aromatic rings. The van der Waals surface area contributed by atoms with Crippen LogP contribution < -0.4 is 0 Å². The molecule has 280 valence electrons. The van der Waals surface area contributed by atoms with E-state index in [4.69, 9.17) is 9.47 Å². The first-order chi connectivity index (χ1) is 22.9. The summed E-state index contributed by atoms with van der Waals surface area (Å²) in [5.74, 6) is -1.02. The van der Waals surface area contributed by atoms with Crippen LogP contribution in [0.1, 0.15) is 98.8 Å². The van der Waals surface area contributed by atoms with Gasteiger partial charge in [-0.2, -0.15) is 0 Å². The maximum Gasteiger partial charge on any atom is 0.310 e. The van der Waals surface area contributed by atoms with Crippen LogP contribution in [-0.2, 0) is 14.3 Å². The van der Waals surface area contributed by atoms with Gasteiger partial charge in [0.2, 0.25) is 0 Å². The lowest BCUT2D eigenvalue weighted by molar-refractivity contribution is -0.329. The van der Waals surface area contributed by atoms with Crippen LogP contribution in [0.5, 0.6) is 0 Å². The highest BCUT2D eigenvalue weighted by Gasteiger charge is 2.72. The average molecular weight is 695 g/mol. The van der Waals surface area contributed by atoms with Crippen LogP contribution >= 0.6 is 0 Å². The minimum atomic E-state index is -1.52. The van der Waals surface area contributed by atoms with Crippen molar-refractivity contribution in [3.8, 4) is 0 Å². The molecular weight excluding hydrogens is 632 g/mol. The van der Waals surface area contributed by atoms with Gasteiger partial charge in [0.1, 0.15) is 18.3 Å². The van der Waals surface area contributed by atoms with Crippen LogP contribution in [0, 0.1) is 56.2 Å². The molecule has 0 aromatic heterocycles. The van der Waals surface area contributed by atoms with E-state index in [1.165, 1.54) is 5.57 Å². The molecule has 0 spiro atoms. The second-order valence-corrected chi connectivity index (χ2v) is 18.4. The predicted octanol–water partition coefficient (Wildman–Crippen LogP) is 2.61. The summed E-state index contributed by atoms with van der Waals surface area (Å²) in [7, 11) is 0. The largest absolute Gasteiger partial charge is 0.481 e. The van der Waals surface area contributed by atoms with Crippen LogP contribution in [-0.4, -0.2) is 110 Å². The monoisotopic (exact) mass is 694 g/mol. The smallest absolute Gasteiger partial charge is 0.310 e. The van der Waals surface area contributed by atoms with Crippen molar-refractivity contribution in [2.75, 3.05) is 26.4 Å². The summed E-state index contributed by atoms with van der Waals surface area (Å²) in [4.78, 5) is 13.2. The molecule has 11 nitrogen and oxygen atoms in total. The van der Waals surface area contributed by atoms with Crippen LogP contribution in [0.3, 0.4) is 0 Å². The van der Waals surface area contributed by atoms with Gasteiger partial charge in [0.15, 0.2) is 6.29 Å². The summed E-state index contributed by atoms with van der Waals surface area (Å²) in [5, 5.41) is 85.5.